The molecule has 0 aliphatic heterocycles. The number of hydrogen-bond donors (Lipinski definition) is 1. The van der Waals surface area contributed by atoms with Gasteiger partial charge in [-0.15, -0.1) is 0 Å². The summed E-state index contributed by atoms with van der Waals surface area (Å²) < 4.78 is 4.93. The molecule has 0 spiro atoms. The zero-order valence-corrected chi connectivity index (χ0v) is 14.2. The monoisotopic (exact) mass is 335 g/mol. The second-order valence-electron chi connectivity index (χ2n) is 4.09. The summed E-state index contributed by atoms with van der Waals surface area (Å²) in [5.74, 6) is -0.935. The third kappa shape index (κ3) is 14.0. The van der Waals surface area contributed by atoms with E-state index in [1.54, 1.807) is 13.3 Å². The summed E-state index contributed by atoms with van der Waals surface area (Å²) >= 11 is -0.759. The van der Waals surface area contributed by atoms with Crippen LogP contribution in [0, 0.1) is 0 Å². The molecule has 0 atom stereocenters. The van der Waals surface area contributed by atoms with Gasteiger partial charge in [-0.25, -0.2) is 4.79 Å². The Balaban J connectivity index is 0. The molecule has 0 aromatic rings. The molecule has 0 saturated heterocycles. The molecule has 0 aromatic carbocycles. The summed E-state index contributed by atoms with van der Waals surface area (Å²) in [4.78, 5) is 9.60. The molecule has 3 heteroatoms. The van der Waals surface area contributed by atoms with Crippen LogP contribution in [0.15, 0.2) is 12.2 Å². The molecule has 1 N–H and O–H groups in total. The van der Waals surface area contributed by atoms with E-state index in [2.05, 4.69) is 27.4 Å². The van der Waals surface area contributed by atoms with Gasteiger partial charge in [0.15, 0.2) is 0 Å². The summed E-state index contributed by atoms with van der Waals surface area (Å²) in [6, 6.07) is 0. The van der Waals surface area contributed by atoms with E-state index in [-0.39, 0.29) is 5.57 Å². The molecule has 2 nitrogen and oxygen atoms in total. The SMILES string of the molecule is C=C(C)C(=O)O.CC[CH2][Sn]([CH2]CC)[CH2]CC. The number of rotatable bonds is 7. The predicted molar refractivity (Wildman–Crippen MR) is 73.5 cm³/mol. The molecule has 0 bridgehead atoms. The van der Waals surface area contributed by atoms with E-state index in [1.165, 1.54) is 26.2 Å². The van der Waals surface area contributed by atoms with Crippen molar-refractivity contribution in [3.63, 3.8) is 0 Å². The normalized spacial score (nSPS) is 9.56. The number of aliphatic carboxylic acids is 1. The Bertz CT molecular complexity index is 164. The van der Waals surface area contributed by atoms with E-state index in [1.807, 2.05) is 0 Å². The maximum atomic E-state index is 9.60. The second kappa shape index (κ2) is 13.1. The summed E-state index contributed by atoms with van der Waals surface area (Å²) in [6.07, 6.45) is 4.36. The minimum absolute atomic E-state index is 0.176. The van der Waals surface area contributed by atoms with Gasteiger partial charge >= 0.3 is 79.1 Å². The van der Waals surface area contributed by atoms with Crippen LogP contribution >= 0.6 is 0 Å². The fourth-order valence-electron chi connectivity index (χ4n) is 1.44. The van der Waals surface area contributed by atoms with Crippen molar-refractivity contribution in [3.05, 3.63) is 12.2 Å². The summed E-state index contributed by atoms with van der Waals surface area (Å²) in [6.45, 7) is 11.6. The van der Waals surface area contributed by atoms with Gasteiger partial charge in [-0.1, -0.05) is 6.58 Å². The van der Waals surface area contributed by atoms with E-state index < -0.39 is 25.7 Å². The zero-order chi connectivity index (χ0) is 13.0. The molecule has 1 radical (unpaired) electrons. The van der Waals surface area contributed by atoms with Crippen molar-refractivity contribution in [2.45, 2.75) is 60.3 Å². The average molecular weight is 334 g/mol. The van der Waals surface area contributed by atoms with Gasteiger partial charge in [0.05, 0.1) is 0 Å². The number of carboxylic acid groups (broad SMARTS) is 1. The van der Waals surface area contributed by atoms with Crippen molar-refractivity contribution in [1.29, 1.82) is 0 Å². The molecule has 0 fully saturated rings. The van der Waals surface area contributed by atoms with Crippen LogP contribution in [0.25, 0.3) is 0 Å². The molecule has 0 heterocycles. The van der Waals surface area contributed by atoms with Gasteiger partial charge in [0.1, 0.15) is 0 Å². The van der Waals surface area contributed by atoms with Crippen molar-refractivity contribution in [3.8, 4) is 0 Å². The third-order valence-electron chi connectivity index (χ3n) is 2.18. The molecule has 0 aromatic heterocycles. The summed E-state index contributed by atoms with van der Waals surface area (Å²) in [7, 11) is 0. The van der Waals surface area contributed by atoms with Crippen molar-refractivity contribution in [1.82, 2.24) is 0 Å². The molecular weight excluding hydrogens is 307 g/mol. The standard InChI is InChI=1S/C4H6O2.3C3H7.Sn/c1-3(2)4(5)6;3*1-3-2;/h1H2,2H3,(H,5,6);3*1,3H2,2H3;. The van der Waals surface area contributed by atoms with E-state index in [9.17, 15) is 4.79 Å². The third-order valence-corrected chi connectivity index (χ3v) is 12.5. The van der Waals surface area contributed by atoms with Crippen LogP contribution in [0.1, 0.15) is 47.0 Å². The van der Waals surface area contributed by atoms with Crippen molar-refractivity contribution >= 4 is 25.7 Å². The van der Waals surface area contributed by atoms with Gasteiger partial charge in [0, 0.05) is 5.57 Å². The van der Waals surface area contributed by atoms with Crippen LogP contribution in [-0.4, -0.2) is 30.8 Å². The molecule has 0 rings (SSSR count). The topological polar surface area (TPSA) is 37.3 Å². The van der Waals surface area contributed by atoms with E-state index in [4.69, 9.17) is 5.11 Å². The fraction of sp³-hybridized carbons (Fsp3) is 0.769. The van der Waals surface area contributed by atoms with Crippen molar-refractivity contribution < 1.29 is 9.90 Å². The number of hydrogen-bond acceptors (Lipinski definition) is 1. The Kier molecular flexibility index (Phi) is 15.0. The molecular formula is C13H27O2Sn. The molecule has 0 amide bonds. The Hall–Kier alpha value is 0.00870. The van der Waals surface area contributed by atoms with Gasteiger partial charge in [-0.05, 0) is 6.92 Å². The summed E-state index contributed by atoms with van der Waals surface area (Å²) in [5, 5.41) is 7.89. The number of carboxylic acids is 1. The first-order chi connectivity index (χ1) is 7.49. The first-order valence-corrected chi connectivity index (χ1v) is 12.3. The van der Waals surface area contributed by atoms with Gasteiger partial charge < -0.3 is 5.11 Å². The van der Waals surface area contributed by atoms with Crippen LogP contribution in [0.4, 0.5) is 0 Å². The Labute approximate surface area is 108 Å². The van der Waals surface area contributed by atoms with E-state index in [0.717, 1.165) is 0 Å². The Morgan fingerprint density at radius 1 is 1.06 bits per heavy atom. The maximum absolute atomic E-state index is 9.60. The van der Waals surface area contributed by atoms with Gasteiger partial charge in [-0.3, -0.25) is 0 Å². The average Bonchev–Trinajstić information content (AvgIpc) is 2.19. The molecule has 95 valence electrons. The van der Waals surface area contributed by atoms with Crippen LogP contribution < -0.4 is 0 Å². The fourth-order valence-corrected chi connectivity index (χ4v) is 9.63. The minimum atomic E-state index is -0.935. The van der Waals surface area contributed by atoms with Crippen LogP contribution in [0.3, 0.4) is 0 Å². The second-order valence-corrected chi connectivity index (χ2v) is 12.6. The first-order valence-electron chi connectivity index (χ1n) is 6.21. The predicted octanol–water partition coefficient (Wildman–Crippen LogP) is 4.36. The Morgan fingerprint density at radius 2 is 1.31 bits per heavy atom. The first kappa shape index (κ1) is 18.4. The number of carbonyl (C=O) groups is 1. The van der Waals surface area contributed by atoms with Crippen molar-refractivity contribution in [2.24, 2.45) is 0 Å². The zero-order valence-electron chi connectivity index (χ0n) is 11.3. The molecule has 0 unspecified atom stereocenters. The van der Waals surface area contributed by atoms with Crippen LogP contribution in [0.5, 0.6) is 0 Å². The quantitative estimate of drug-likeness (QED) is 0.555. The van der Waals surface area contributed by atoms with Gasteiger partial charge in [0.25, 0.3) is 0 Å². The van der Waals surface area contributed by atoms with Crippen LogP contribution in [0.2, 0.25) is 13.3 Å². The summed E-state index contributed by atoms with van der Waals surface area (Å²) in [5.41, 5.74) is 0.176. The molecule has 0 saturated carbocycles. The Morgan fingerprint density at radius 3 is 1.44 bits per heavy atom. The molecule has 16 heavy (non-hydrogen) atoms. The van der Waals surface area contributed by atoms with Gasteiger partial charge in [0.2, 0.25) is 0 Å². The molecule has 0 aliphatic carbocycles. The van der Waals surface area contributed by atoms with E-state index in [0.29, 0.717) is 0 Å². The van der Waals surface area contributed by atoms with Crippen LogP contribution in [-0.2, 0) is 4.79 Å². The van der Waals surface area contributed by atoms with Gasteiger partial charge in [-0.2, -0.15) is 0 Å². The molecule has 0 aliphatic rings. The van der Waals surface area contributed by atoms with E-state index >= 15 is 0 Å². The van der Waals surface area contributed by atoms with Crippen molar-refractivity contribution in [2.75, 3.05) is 0 Å².